The number of hydrogen-bond donors (Lipinski definition) is 2. The number of aromatic amines is 1. The first-order valence-electron chi connectivity index (χ1n) is 5.30. The Labute approximate surface area is 105 Å². The lowest BCUT2D eigenvalue weighted by Crippen LogP contribution is -1.91. The molecule has 0 saturated carbocycles. The van der Waals surface area contributed by atoms with Gasteiger partial charge < -0.3 is 20.2 Å². The maximum absolute atomic E-state index is 9.07. The number of nitriles is 1. The molecule has 0 aliphatic heterocycles. The van der Waals surface area contributed by atoms with Gasteiger partial charge in [-0.15, -0.1) is 0 Å². The Morgan fingerprint density at radius 2 is 1.94 bits per heavy atom. The van der Waals surface area contributed by atoms with Crippen molar-refractivity contribution in [1.29, 1.82) is 5.26 Å². The van der Waals surface area contributed by atoms with Crippen LogP contribution in [0.5, 0.6) is 11.5 Å². The highest BCUT2D eigenvalue weighted by Gasteiger charge is 2.12. The van der Waals surface area contributed by atoms with Gasteiger partial charge >= 0.3 is 0 Å². The van der Waals surface area contributed by atoms with Gasteiger partial charge in [-0.2, -0.15) is 5.26 Å². The second-order valence-corrected chi connectivity index (χ2v) is 3.67. The number of nitrogens with one attached hydrogen (secondary N) is 1. The van der Waals surface area contributed by atoms with Crippen LogP contribution in [0, 0.1) is 11.3 Å². The topological polar surface area (TPSA) is 84.1 Å². The van der Waals surface area contributed by atoms with E-state index in [4.69, 9.17) is 20.5 Å². The van der Waals surface area contributed by atoms with Crippen LogP contribution in [-0.4, -0.2) is 19.2 Å². The molecule has 0 radical (unpaired) electrons. The maximum atomic E-state index is 9.07. The van der Waals surface area contributed by atoms with Gasteiger partial charge in [-0.05, 0) is 17.7 Å². The van der Waals surface area contributed by atoms with Crippen LogP contribution in [0.3, 0.4) is 0 Å². The fourth-order valence-electron chi connectivity index (χ4n) is 1.79. The minimum absolute atomic E-state index is 0.363. The van der Waals surface area contributed by atoms with Gasteiger partial charge in [0.25, 0.3) is 0 Å². The Kier molecular flexibility index (Phi) is 3.11. The highest BCUT2D eigenvalue weighted by molar-refractivity contribution is 5.77. The smallest absolute Gasteiger partial charge is 0.161 e. The summed E-state index contributed by atoms with van der Waals surface area (Å²) in [7, 11) is 3.14. The van der Waals surface area contributed by atoms with Crippen molar-refractivity contribution in [3.63, 3.8) is 0 Å². The highest BCUT2D eigenvalue weighted by Crippen LogP contribution is 2.34. The van der Waals surface area contributed by atoms with Crippen LogP contribution in [-0.2, 0) is 0 Å². The molecular weight excluding hydrogens is 230 g/mol. The third-order valence-electron chi connectivity index (χ3n) is 2.72. The molecule has 1 aromatic carbocycles. The molecule has 0 atom stereocenters. The summed E-state index contributed by atoms with van der Waals surface area (Å²) in [5.74, 6) is 1.62. The predicted molar refractivity (Wildman–Crippen MR) is 68.5 cm³/mol. The van der Waals surface area contributed by atoms with Crippen molar-refractivity contribution in [3.8, 4) is 28.7 Å². The fraction of sp³-hybridized carbons (Fsp3) is 0.154. The van der Waals surface area contributed by atoms with Gasteiger partial charge in [0.2, 0.25) is 0 Å². The van der Waals surface area contributed by atoms with Crippen molar-refractivity contribution in [1.82, 2.24) is 4.98 Å². The molecule has 0 fully saturated rings. The molecule has 18 heavy (non-hydrogen) atoms. The highest BCUT2D eigenvalue weighted by atomic mass is 16.5. The van der Waals surface area contributed by atoms with Crippen LogP contribution >= 0.6 is 0 Å². The first kappa shape index (κ1) is 11.9. The van der Waals surface area contributed by atoms with Gasteiger partial charge in [-0.3, -0.25) is 0 Å². The Balaban J connectivity index is 2.55. The van der Waals surface area contributed by atoms with Gasteiger partial charge in [0, 0.05) is 11.8 Å². The average molecular weight is 243 g/mol. The average Bonchev–Trinajstić information content (AvgIpc) is 2.78. The third-order valence-corrected chi connectivity index (χ3v) is 2.72. The van der Waals surface area contributed by atoms with Gasteiger partial charge in [0.1, 0.15) is 17.5 Å². The van der Waals surface area contributed by atoms with E-state index < -0.39 is 0 Å². The molecule has 0 unspecified atom stereocenters. The molecular formula is C13H13N3O2. The van der Waals surface area contributed by atoms with Crippen molar-refractivity contribution < 1.29 is 9.47 Å². The molecule has 92 valence electrons. The van der Waals surface area contributed by atoms with Gasteiger partial charge in [0.05, 0.1) is 14.2 Å². The summed E-state index contributed by atoms with van der Waals surface area (Å²) in [6.07, 6.45) is 1.70. The molecule has 0 saturated heterocycles. The van der Waals surface area contributed by atoms with E-state index in [9.17, 15) is 0 Å². The Morgan fingerprint density at radius 1 is 1.22 bits per heavy atom. The maximum Gasteiger partial charge on any atom is 0.161 e. The summed E-state index contributed by atoms with van der Waals surface area (Å²) in [6, 6.07) is 7.53. The van der Waals surface area contributed by atoms with Crippen molar-refractivity contribution in [3.05, 3.63) is 30.0 Å². The molecule has 1 heterocycles. The van der Waals surface area contributed by atoms with Crippen molar-refractivity contribution in [2.24, 2.45) is 0 Å². The molecule has 0 aliphatic rings. The van der Waals surface area contributed by atoms with Crippen LogP contribution in [0.15, 0.2) is 24.4 Å². The molecule has 0 spiro atoms. The van der Waals surface area contributed by atoms with Crippen molar-refractivity contribution >= 4 is 5.82 Å². The summed E-state index contributed by atoms with van der Waals surface area (Å²) in [4.78, 5) is 2.84. The number of H-pyrrole nitrogens is 1. The van der Waals surface area contributed by atoms with Crippen molar-refractivity contribution in [2.75, 3.05) is 20.0 Å². The zero-order chi connectivity index (χ0) is 13.1. The van der Waals surface area contributed by atoms with E-state index in [-0.39, 0.29) is 0 Å². The molecule has 5 heteroatoms. The number of anilines is 1. The van der Waals surface area contributed by atoms with Gasteiger partial charge in [0.15, 0.2) is 11.5 Å². The van der Waals surface area contributed by atoms with E-state index in [1.165, 1.54) is 0 Å². The lowest BCUT2D eigenvalue weighted by molar-refractivity contribution is 0.355. The molecule has 2 aromatic rings. The number of ether oxygens (including phenoxy) is 2. The molecule has 5 nitrogen and oxygen atoms in total. The Hall–Kier alpha value is -2.61. The Morgan fingerprint density at radius 3 is 2.56 bits per heavy atom. The number of nitrogen functional groups attached to an aromatic ring is 1. The summed E-state index contributed by atoms with van der Waals surface area (Å²) in [5, 5.41) is 9.07. The Bertz CT molecular complexity index is 611. The number of benzene rings is 1. The zero-order valence-corrected chi connectivity index (χ0v) is 10.2. The normalized spacial score (nSPS) is 9.83. The first-order chi connectivity index (χ1) is 8.71. The summed E-state index contributed by atoms with van der Waals surface area (Å²) < 4.78 is 10.4. The van der Waals surface area contributed by atoms with Crippen LogP contribution in [0.4, 0.5) is 5.82 Å². The second-order valence-electron chi connectivity index (χ2n) is 3.67. The fourth-order valence-corrected chi connectivity index (χ4v) is 1.79. The summed E-state index contributed by atoms with van der Waals surface area (Å²) >= 11 is 0. The number of nitrogens with two attached hydrogens (primary N) is 1. The SMILES string of the molecule is COc1ccc(-c2c[nH]c(N)c2C#N)cc1OC. The monoisotopic (exact) mass is 243 g/mol. The van der Waals surface area contributed by atoms with Crippen LogP contribution in [0.1, 0.15) is 5.56 Å². The number of aromatic nitrogens is 1. The van der Waals surface area contributed by atoms with E-state index in [0.29, 0.717) is 22.9 Å². The number of methoxy groups -OCH3 is 2. The molecule has 0 bridgehead atoms. The summed E-state index contributed by atoms with van der Waals surface area (Å²) in [6.45, 7) is 0. The van der Waals surface area contributed by atoms with E-state index in [0.717, 1.165) is 11.1 Å². The van der Waals surface area contributed by atoms with E-state index in [1.54, 1.807) is 26.5 Å². The largest absolute Gasteiger partial charge is 0.493 e. The predicted octanol–water partition coefficient (Wildman–Crippen LogP) is 2.15. The van der Waals surface area contributed by atoms with Crippen molar-refractivity contribution in [2.45, 2.75) is 0 Å². The number of rotatable bonds is 3. The molecule has 1 aromatic heterocycles. The van der Waals surface area contributed by atoms with E-state index in [1.807, 2.05) is 12.1 Å². The standard InChI is InChI=1S/C13H13N3O2/c1-17-11-4-3-8(5-12(11)18-2)10-7-16-13(15)9(10)6-14/h3-5,7,16H,15H2,1-2H3. The van der Waals surface area contributed by atoms with E-state index in [2.05, 4.69) is 11.1 Å². The lowest BCUT2D eigenvalue weighted by atomic mass is 10.0. The third kappa shape index (κ3) is 1.84. The van der Waals surface area contributed by atoms with Crippen LogP contribution < -0.4 is 15.2 Å². The number of hydrogen-bond acceptors (Lipinski definition) is 4. The summed E-state index contributed by atoms with van der Waals surface area (Å²) in [5.41, 5.74) is 7.71. The van der Waals surface area contributed by atoms with Gasteiger partial charge in [-0.25, -0.2) is 0 Å². The molecule has 3 N–H and O–H groups in total. The molecule has 0 aliphatic carbocycles. The van der Waals surface area contributed by atoms with E-state index >= 15 is 0 Å². The lowest BCUT2D eigenvalue weighted by Gasteiger charge is -2.09. The van der Waals surface area contributed by atoms with Gasteiger partial charge in [-0.1, -0.05) is 6.07 Å². The minimum Gasteiger partial charge on any atom is -0.493 e. The van der Waals surface area contributed by atoms with Crippen LogP contribution in [0.2, 0.25) is 0 Å². The first-order valence-corrected chi connectivity index (χ1v) is 5.30. The second kappa shape index (κ2) is 4.72. The zero-order valence-electron chi connectivity index (χ0n) is 10.2. The number of nitrogens with zero attached hydrogens (tertiary/aromatic N) is 1. The quantitative estimate of drug-likeness (QED) is 0.865. The molecule has 0 amide bonds. The molecule has 2 rings (SSSR count). The minimum atomic E-state index is 0.363. The van der Waals surface area contributed by atoms with Crippen LogP contribution in [0.25, 0.3) is 11.1 Å².